The molecule has 0 unspecified atom stereocenters. The number of anilines is 1. The third-order valence-electron chi connectivity index (χ3n) is 3.84. The average Bonchev–Trinajstić information content (AvgIpc) is 3.43. The van der Waals surface area contributed by atoms with Crippen molar-refractivity contribution in [1.82, 2.24) is 10.6 Å². The van der Waals surface area contributed by atoms with E-state index in [1.165, 1.54) is 0 Å². The van der Waals surface area contributed by atoms with Gasteiger partial charge in [-0.2, -0.15) is 0 Å². The SMILES string of the molecule is CCNC(=NCCCC(=O)NC1CC1)Nc1ccc(OC)c(OCC)c1.I. The van der Waals surface area contributed by atoms with Crippen LogP contribution in [0.3, 0.4) is 0 Å². The van der Waals surface area contributed by atoms with Gasteiger partial charge in [-0.3, -0.25) is 9.79 Å². The van der Waals surface area contributed by atoms with E-state index in [4.69, 9.17) is 9.47 Å². The maximum atomic E-state index is 11.7. The number of benzene rings is 1. The lowest BCUT2D eigenvalue weighted by atomic mass is 10.2. The topological polar surface area (TPSA) is 84.0 Å². The summed E-state index contributed by atoms with van der Waals surface area (Å²) in [6, 6.07) is 6.08. The van der Waals surface area contributed by atoms with Gasteiger partial charge in [0.1, 0.15) is 0 Å². The van der Waals surface area contributed by atoms with Crippen LogP contribution in [-0.4, -0.2) is 44.7 Å². The first kappa shape index (κ1) is 23.3. The molecule has 0 heterocycles. The molecule has 0 radical (unpaired) electrons. The molecular weight excluding hydrogens is 459 g/mol. The van der Waals surface area contributed by atoms with Crippen molar-refractivity contribution in [3.05, 3.63) is 18.2 Å². The van der Waals surface area contributed by atoms with Crippen LogP contribution >= 0.6 is 24.0 Å². The lowest BCUT2D eigenvalue weighted by molar-refractivity contribution is -0.121. The van der Waals surface area contributed by atoms with E-state index in [-0.39, 0.29) is 29.9 Å². The van der Waals surface area contributed by atoms with Crippen LogP contribution in [0.25, 0.3) is 0 Å². The first-order valence-corrected chi connectivity index (χ1v) is 9.31. The number of nitrogens with zero attached hydrogens (tertiary/aromatic N) is 1. The zero-order valence-corrected chi connectivity index (χ0v) is 18.7. The molecule has 0 aromatic heterocycles. The number of aliphatic imine (C=N–C) groups is 1. The zero-order chi connectivity index (χ0) is 18.8. The number of halogens is 1. The number of rotatable bonds is 10. The summed E-state index contributed by atoms with van der Waals surface area (Å²) in [5, 5.41) is 9.46. The number of carbonyl (C=O) groups is 1. The summed E-state index contributed by atoms with van der Waals surface area (Å²) in [5.41, 5.74) is 0.862. The molecule has 1 aliphatic carbocycles. The van der Waals surface area contributed by atoms with E-state index in [0.717, 1.165) is 31.5 Å². The van der Waals surface area contributed by atoms with E-state index in [1.807, 2.05) is 32.0 Å². The number of hydrogen-bond donors (Lipinski definition) is 3. The number of amides is 1. The van der Waals surface area contributed by atoms with Crippen molar-refractivity contribution >= 4 is 41.5 Å². The molecule has 0 saturated heterocycles. The molecule has 1 amide bonds. The Morgan fingerprint density at radius 2 is 2.04 bits per heavy atom. The molecule has 2 rings (SSSR count). The summed E-state index contributed by atoms with van der Waals surface area (Å²) in [7, 11) is 1.62. The number of nitrogens with one attached hydrogen (secondary N) is 3. The molecule has 1 saturated carbocycles. The van der Waals surface area contributed by atoms with Crippen LogP contribution in [0, 0.1) is 0 Å². The average molecular weight is 490 g/mol. The molecule has 27 heavy (non-hydrogen) atoms. The summed E-state index contributed by atoms with van der Waals surface area (Å²) >= 11 is 0. The summed E-state index contributed by atoms with van der Waals surface area (Å²) in [6.07, 6.45) is 3.46. The second-order valence-electron chi connectivity index (χ2n) is 6.13. The van der Waals surface area contributed by atoms with Crippen molar-refractivity contribution < 1.29 is 14.3 Å². The quantitative estimate of drug-likeness (QED) is 0.203. The smallest absolute Gasteiger partial charge is 0.220 e. The second-order valence-corrected chi connectivity index (χ2v) is 6.13. The van der Waals surface area contributed by atoms with Crippen molar-refractivity contribution in [2.45, 2.75) is 45.6 Å². The van der Waals surface area contributed by atoms with E-state index < -0.39 is 0 Å². The van der Waals surface area contributed by atoms with Crippen LogP contribution in [0.1, 0.15) is 39.5 Å². The van der Waals surface area contributed by atoms with Crippen molar-refractivity contribution in [1.29, 1.82) is 0 Å². The van der Waals surface area contributed by atoms with Gasteiger partial charge in [0.25, 0.3) is 0 Å². The Balaban J connectivity index is 0.00000364. The Labute approximate surface area is 178 Å². The van der Waals surface area contributed by atoms with Crippen LogP contribution in [-0.2, 0) is 4.79 Å². The van der Waals surface area contributed by atoms with Crippen LogP contribution in [0.4, 0.5) is 5.69 Å². The highest BCUT2D eigenvalue weighted by atomic mass is 127. The van der Waals surface area contributed by atoms with E-state index in [2.05, 4.69) is 20.9 Å². The molecule has 1 aromatic carbocycles. The number of methoxy groups -OCH3 is 1. The normalized spacial score (nSPS) is 13.4. The van der Waals surface area contributed by atoms with Gasteiger partial charge in [-0.1, -0.05) is 0 Å². The van der Waals surface area contributed by atoms with Crippen LogP contribution in [0.2, 0.25) is 0 Å². The molecule has 0 atom stereocenters. The Hall–Kier alpha value is -1.71. The van der Waals surface area contributed by atoms with Gasteiger partial charge in [-0.05, 0) is 45.2 Å². The fourth-order valence-corrected chi connectivity index (χ4v) is 2.42. The van der Waals surface area contributed by atoms with Gasteiger partial charge < -0.3 is 25.4 Å². The zero-order valence-electron chi connectivity index (χ0n) is 16.3. The van der Waals surface area contributed by atoms with E-state index in [1.54, 1.807) is 7.11 Å². The highest BCUT2D eigenvalue weighted by Gasteiger charge is 2.22. The lowest BCUT2D eigenvalue weighted by Gasteiger charge is -2.14. The molecule has 7 nitrogen and oxygen atoms in total. The van der Waals surface area contributed by atoms with Gasteiger partial charge >= 0.3 is 0 Å². The monoisotopic (exact) mass is 490 g/mol. The molecule has 8 heteroatoms. The standard InChI is InChI=1S/C19H30N4O3.HI/c1-4-20-19(21-12-6-7-18(24)22-14-8-9-14)23-15-10-11-16(25-3)17(13-15)26-5-2;/h10-11,13-14H,4-9,12H2,1-3H3,(H,22,24)(H2,20,21,23);1H. The minimum atomic E-state index is 0. The van der Waals surface area contributed by atoms with Gasteiger partial charge in [0, 0.05) is 37.3 Å². The molecule has 1 aromatic rings. The number of hydrogen-bond acceptors (Lipinski definition) is 4. The van der Waals surface area contributed by atoms with Crippen LogP contribution in [0.5, 0.6) is 11.5 Å². The first-order chi connectivity index (χ1) is 12.7. The number of carbonyl (C=O) groups excluding carboxylic acids is 1. The molecule has 0 spiro atoms. The fraction of sp³-hybridized carbons (Fsp3) is 0.579. The summed E-state index contributed by atoms with van der Waals surface area (Å²) < 4.78 is 10.9. The molecule has 1 fully saturated rings. The van der Waals surface area contributed by atoms with Crippen molar-refractivity contribution in [2.75, 3.05) is 32.1 Å². The highest BCUT2D eigenvalue weighted by molar-refractivity contribution is 14.0. The van der Waals surface area contributed by atoms with Crippen LogP contribution in [0.15, 0.2) is 23.2 Å². The van der Waals surface area contributed by atoms with Crippen LogP contribution < -0.4 is 25.4 Å². The van der Waals surface area contributed by atoms with Gasteiger partial charge in [0.2, 0.25) is 5.91 Å². The molecule has 1 aliphatic rings. The number of ether oxygens (including phenoxy) is 2. The Kier molecular flexibility index (Phi) is 10.9. The lowest BCUT2D eigenvalue weighted by Crippen LogP contribution is -2.31. The summed E-state index contributed by atoms with van der Waals surface area (Å²) in [4.78, 5) is 16.2. The molecule has 152 valence electrons. The largest absolute Gasteiger partial charge is 0.493 e. The first-order valence-electron chi connectivity index (χ1n) is 9.31. The summed E-state index contributed by atoms with van der Waals surface area (Å²) in [5.74, 6) is 2.19. The highest BCUT2D eigenvalue weighted by Crippen LogP contribution is 2.30. The number of guanidine groups is 1. The molecule has 0 bridgehead atoms. The van der Waals surface area contributed by atoms with Gasteiger partial charge in [0.15, 0.2) is 17.5 Å². The maximum absolute atomic E-state index is 11.7. The minimum Gasteiger partial charge on any atom is -0.493 e. The molecular formula is C19H31IN4O3. The molecule has 0 aliphatic heterocycles. The molecule has 3 N–H and O–H groups in total. The van der Waals surface area contributed by atoms with E-state index in [0.29, 0.717) is 43.1 Å². The Bertz CT molecular complexity index is 621. The summed E-state index contributed by atoms with van der Waals surface area (Å²) in [6.45, 7) is 5.85. The Morgan fingerprint density at radius 1 is 1.26 bits per heavy atom. The predicted molar refractivity (Wildman–Crippen MR) is 120 cm³/mol. The van der Waals surface area contributed by atoms with E-state index in [9.17, 15) is 4.79 Å². The third-order valence-corrected chi connectivity index (χ3v) is 3.84. The van der Waals surface area contributed by atoms with Gasteiger partial charge in [-0.25, -0.2) is 0 Å². The second kappa shape index (κ2) is 12.6. The van der Waals surface area contributed by atoms with Gasteiger partial charge in [-0.15, -0.1) is 24.0 Å². The van der Waals surface area contributed by atoms with Crippen molar-refractivity contribution in [3.63, 3.8) is 0 Å². The van der Waals surface area contributed by atoms with Gasteiger partial charge in [0.05, 0.1) is 13.7 Å². The minimum absolute atomic E-state index is 0. The third kappa shape index (κ3) is 8.68. The predicted octanol–water partition coefficient (Wildman–Crippen LogP) is 3.15. The van der Waals surface area contributed by atoms with Crippen molar-refractivity contribution in [2.24, 2.45) is 4.99 Å². The van der Waals surface area contributed by atoms with E-state index >= 15 is 0 Å². The maximum Gasteiger partial charge on any atom is 0.220 e. The Morgan fingerprint density at radius 3 is 2.67 bits per heavy atom. The van der Waals surface area contributed by atoms with Crippen molar-refractivity contribution in [3.8, 4) is 11.5 Å². The fourth-order valence-electron chi connectivity index (χ4n) is 2.42.